The van der Waals surface area contributed by atoms with Gasteiger partial charge in [0.1, 0.15) is 11.5 Å². The van der Waals surface area contributed by atoms with Gasteiger partial charge in [-0.25, -0.2) is 8.42 Å². The molecular formula is C15H13N3O5S. The molecule has 1 N–H and O–H groups in total. The third kappa shape index (κ3) is 3.69. The zero-order valence-corrected chi connectivity index (χ0v) is 13.2. The van der Waals surface area contributed by atoms with Crippen LogP contribution in [-0.4, -0.2) is 24.5 Å². The first-order valence-electron chi connectivity index (χ1n) is 6.95. The van der Waals surface area contributed by atoms with Gasteiger partial charge in [0.25, 0.3) is 0 Å². The van der Waals surface area contributed by atoms with E-state index in [-0.39, 0.29) is 23.2 Å². The number of sulfone groups is 1. The van der Waals surface area contributed by atoms with Crippen LogP contribution < -0.4 is 5.32 Å². The van der Waals surface area contributed by atoms with Gasteiger partial charge in [0.15, 0.2) is 9.84 Å². The summed E-state index contributed by atoms with van der Waals surface area (Å²) in [5.41, 5.74) is 0. The van der Waals surface area contributed by atoms with Gasteiger partial charge in [0, 0.05) is 0 Å². The highest BCUT2D eigenvalue weighted by molar-refractivity contribution is 7.90. The number of aromatic nitrogens is 2. The van der Waals surface area contributed by atoms with Crippen molar-refractivity contribution in [1.82, 2.24) is 15.5 Å². The molecule has 8 nitrogen and oxygen atoms in total. The van der Waals surface area contributed by atoms with E-state index in [1.54, 1.807) is 30.3 Å². The fraction of sp³-hybridized carbons (Fsp3) is 0.133. The summed E-state index contributed by atoms with van der Waals surface area (Å²) in [6, 6.07) is 11.3. The molecular weight excluding hydrogens is 334 g/mol. The number of furan rings is 1. The lowest BCUT2D eigenvalue weighted by Gasteiger charge is -2.00. The molecule has 0 atom stereocenters. The van der Waals surface area contributed by atoms with Gasteiger partial charge in [-0.3, -0.25) is 4.79 Å². The van der Waals surface area contributed by atoms with Gasteiger partial charge < -0.3 is 14.2 Å². The smallest absolute Gasteiger partial charge is 0.309 e. The molecule has 0 saturated carbocycles. The summed E-state index contributed by atoms with van der Waals surface area (Å²) >= 11 is 0. The lowest BCUT2D eigenvalue weighted by molar-refractivity contribution is 0.0911. The molecule has 0 radical (unpaired) electrons. The minimum Gasteiger partial charge on any atom is -0.467 e. The molecule has 0 aliphatic heterocycles. The van der Waals surface area contributed by atoms with Crippen molar-refractivity contribution < 1.29 is 22.0 Å². The van der Waals surface area contributed by atoms with Gasteiger partial charge in [-0.05, 0) is 24.3 Å². The van der Waals surface area contributed by atoms with Crippen LogP contribution in [0, 0.1) is 0 Å². The quantitative estimate of drug-likeness (QED) is 0.719. The van der Waals surface area contributed by atoms with E-state index in [9.17, 15) is 13.2 Å². The normalized spacial score (nSPS) is 11.3. The van der Waals surface area contributed by atoms with Crippen LogP contribution in [-0.2, 0) is 22.1 Å². The summed E-state index contributed by atoms with van der Waals surface area (Å²) in [6.45, 7) is 0.159. The van der Waals surface area contributed by atoms with Crippen molar-refractivity contribution in [3.63, 3.8) is 0 Å². The highest BCUT2D eigenvalue weighted by Crippen LogP contribution is 2.15. The van der Waals surface area contributed by atoms with Gasteiger partial charge in [-0.15, -0.1) is 10.2 Å². The standard InChI is InChI=1S/C15H13N3O5S/c19-14(16-9-11-5-4-8-22-11)15-18-17-13(23-15)10-24(20,21)12-6-2-1-3-7-12/h1-8H,9-10H2,(H,16,19). The second kappa shape index (κ2) is 6.67. The fourth-order valence-corrected chi connectivity index (χ4v) is 3.11. The summed E-state index contributed by atoms with van der Waals surface area (Å²) in [7, 11) is -3.62. The molecule has 0 unspecified atom stereocenters. The third-order valence-corrected chi connectivity index (χ3v) is 4.70. The van der Waals surface area contributed by atoms with Crippen molar-refractivity contribution in [3.05, 3.63) is 66.3 Å². The summed E-state index contributed by atoms with van der Waals surface area (Å²) in [5, 5.41) is 9.71. The zero-order chi connectivity index (χ0) is 17.0. The predicted molar refractivity (Wildman–Crippen MR) is 81.5 cm³/mol. The summed E-state index contributed by atoms with van der Waals surface area (Å²) < 4.78 is 34.7. The van der Waals surface area contributed by atoms with Crippen molar-refractivity contribution in [2.24, 2.45) is 0 Å². The van der Waals surface area contributed by atoms with Gasteiger partial charge >= 0.3 is 11.8 Å². The predicted octanol–water partition coefficient (Wildman–Crippen LogP) is 1.57. The highest BCUT2D eigenvalue weighted by Gasteiger charge is 2.21. The Balaban J connectivity index is 1.66. The molecule has 1 amide bonds. The Morgan fingerprint density at radius 3 is 2.58 bits per heavy atom. The SMILES string of the molecule is O=C(NCc1ccco1)c1nnc(CS(=O)(=O)c2ccccc2)o1. The summed E-state index contributed by atoms with van der Waals surface area (Å²) in [4.78, 5) is 12.0. The second-order valence-electron chi connectivity index (χ2n) is 4.84. The second-order valence-corrected chi connectivity index (χ2v) is 6.82. The lowest BCUT2D eigenvalue weighted by atomic mass is 10.4. The molecule has 1 aromatic carbocycles. The Hall–Kier alpha value is -2.94. The van der Waals surface area contributed by atoms with E-state index < -0.39 is 21.5 Å². The third-order valence-electron chi connectivity index (χ3n) is 3.08. The average Bonchev–Trinajstić information content (AvgIpc) is 3.25. The maximum Gasteiger partial charge on any atom is 0.309 e. The number of rotatable bonds is 6. The Morgan fingerprint density at radius 1 is 1.08 bits per heavy atom. The summed E-state index contributed by atoms with van der Waals surface area (Å²) in [6.07, 6.45) is 1.49. The van der Waals surface area contributed by atoms with Crippen LogP contribution in [0.15, 0.2) is 62.5 Å². The van der Waals surface area contributed by atoms with E-state index in [1.165, 1.54) is 18.4 Å². The van der Waals surface area contributed by atoms with E-state index in [2.05, 4.69) is 15.5 Å². The van der Waals surface area contributed by atoms with Gasteiger partial charge in [-0.1, -0.05) is 18.2 Å². The van der Waals surface area contributed by atoms with Crippen LogP contribution in [0.2, 0.25) is 0 Å². The molecule has 124 valence electrons. The number of carbonyl (C=O) groups excluding carboxylic acids is 1. The van der Waals surface area contributed by atoms with Gasteiger partial charge in [0.2, 0.25) is 5.89 Å². The molecule has 3 aromatic rings. The first-order chi connectivity index (χ1) is 11.5. The minimum atomic E-state index is -3.62. The van der Waals surface area contributed by atoms with Crippen LogP contribution in [0.3, 0.4) is 0 Å². The minimum absolute atomic E-state index is 0.145. The van der Waals surface area contributed by atoms with E-state index in [1.807, 2.05) is 0 Å². The first kappa shape index (κ1) is 15.9. The Bertz CT molecular complexity index is 917. The molecule has 0 aliphatic rings. The number of nitrogens with zero attached hydrogens (tertiary/aromatic N) is 2. The van der Waals surface area contributed by atoms with Crippen LogP contribution in [0.25, 0.3) is 0 Å². The maximum atomic E-state index is 12.2. The fourth-order valence-electron chi connectivity index (χ4n) is 1.93. The molecule has 24 heavy (non-hydrogen) atoms. The Morgan fingerprint density at radius 2 is 1.88 bits per heavy atom. The van der Waals surface area contributed by atoms with Crippen molar-refractivity contribution in [2.75, 3.05) is 0 Å². The topological polar surface area (TPSA) is 115 Å². The molecule has 0 aliphatic carbocycles. The number of carbonyl (C=O) groups is 1. The number of hydrogen-bond acceptors (Lipinski definition) is 7. The van der Waals surface area contributed by atoms with Crippen LogP contribution in [0.4, 0.5) is 0 Å². The number of amides is 1. The number of benzene rings is 1. The Labute approximate surface area is 137 Å². The number of hydrogen-bond donors (Lipinski definition) is 1. The maximum absolute atomic E-state index is 12.2. The molecule has 2 heterocycles. The zero-order valence-electron chi connectivity index (χ0n) is 12.4. The van der Waals surface area contributed by atoms with Crippen molar-refractivity contribution in [1.29, 1.82) is 0 Å². The van der Waals surface area contributed by atoms with Gasteiger partial charge in [0.05, 0.1) is 17.7 Å². The molecule has 0 saturated heterocycles. The molecule has 0 bridgehead atoms. The number of nitrogens with one attached hydrogen (secondary N) is 1. The summed E-state index contributed by atoms with van der Waals surface area (Å²) in [5.74, 6) is -0.978. The largest absolute Gasteiger partial charge is 0.467 e. The monoisotopic (exact) mass is 347 g/mol. The molecule has 9 heteroatoms. The van der Waals surface area contributed by atoms with E-state index in [0.717, 1.165) is 0 Å². The van der Waals surface area contributed by atoms with Crippen molar-refractivity contribution >= 4 is 15.7 Å². The molecule has 0 spiro atoms. The van der Waals surface area contributed by atoms with Crippen LogP contribution in [0.5, 0.6) is 0 Å². The first-order valence-corrected chi connectivity index (χ1v) is 8.60. The average molecular weight is 347 g/mol. The molecule has 3 rings (SSSR count). The van der Waals surface area contributed by atoms with Crippen molar-refractivity contribution in [2.45, 2.75) is 17.2 Å². The Kier molecular flexibility index (Phi) is 4.43. The van der Waals surface area contributed by atoms with E-state index in [4.69, 9.17) is 8.83 Å². The highest BCUT2D eigenvalue weighted by atomic mass is 32.2. The van der Waals surface area contributed by atoms with Crippen molar-refractivity contribution in [3.8, 4) is 0 Å². The van der Waals surface area contributed by atoms with E-state index >= 15 is 0 Å². The molecule has 0 fully saturated rings. The van der Waals surface area contributed by atoms with Crippen LogP contribution >= 0.6 is 0 Å². The lowest BCUT2D eigenvalue weighted by Crippen LogP contribution is -2.22. The van der Waals surface area contributed by atoms with Crippen LogP contribution in [0.1, 0.15) is 22.3 Å². The molecule has 2 aromatic heterocycles. The van der Waals surface area contributed by atoms with E-state index in [0.29, 0.717) is 5.76 Å². The van der Waals surface area contributed by atoms with Gasteiger partial charge in [-0.2, -0.15) is 0 Å².